The molecule has 0 aliphatic rings. The predicted octanol–water partition coefficient (Wildman–Crippen LogP) is 4.02. The molecule has 0 saturated carbocycles. The molecular formula is C15H14BrClFNO. The van der Waals surface area contributed by atoms with Crippen LogP contribution in [0.25, 0.3) is 0 Å². The lowest BCUT2D eigenvalue weighted by atomic mass is 9.89. The van der Waals surface area contributed by atoms with E-state index in [1.165, 1.54) is 18.2 Å². The van der Waals surface area contributed by atoms with Gasteiger partial charge in [-0.3, -0.25) is 0 Å². The predicted molar refractivity (Wildman–Crippen MR) is 82.3 cm³/mol. The Morgan fingerprint density at radius 2 is 2.00 bits per heavy atom. The van der Waals surface area contributed by atoms with Gasteiger partial charge in [0.05, 0.1) is 6.10 Å². The number of rotatable bonds is 4. The second-order valence-electron chi connectivity index (χ2n) is 4.51. The first-order valence-corrected chi connectivity index (χ1v) is 7.28. The number of halogens is 3. The van der Waals surface area contributed by atoms with Crippen LogP contribution < -0.4 is 5.73 Å². The van der Waals surface area contributed by atoms with E-state index >= 15 is 0 Å². The molecule has 3 N–H and O–H groups in total. The van der Waals surface area contributed by atoms with Gasteiger partial charge >= 0.3 is 0 Å². The van der Waals surface area contributed by atoms with E-state index in [1.54, 1.807) is 0 Å². The number of hydrogen-bond donors (Lipinski definition) is 2. The van der Waals surface area contributed by atoms with E-state index in [9.17, 15) is 9.50 Å². The fourth-order valence-electron chi connectivity index (χ4n) is 2.14. The third-order valence-electron chi connectivity index (χ3n) is 3.19. The Bertz CT molecular complexity index is 608. The van der Waals surface area contributed by atoms with E-state index in [1.807, 2.05) is 24.3 Å². The Morgan fingerprint density at radius 1 is 1.25 bits per heavy atom. The van der Waals surface area contributed by atoms with Crippen LogP contribution in [0.15, 0.2) is 46.9 Å². The quantitative estimate of drug-likeness (QED) is 0.867. The molecule has 0 aromatic heterocycles. The lowest BCUT2D eigenvalue weighted by Gasteiger charge is -2.23. The molecule has 0 radical (unpaired) electrons. The Kier molecular flexibility index (Phi) is 5.16. The number of aliphatic hydroxyl groups excluding tert-OH is 1. The molecule has 106 valence electrons. The molecule has 5 heteroatoms. The summed E-state index contributed by atoms with van der Waals surface area (Å²) in [5, 5.41) is 10.8. The average molecular weight is 359 g/mol. The summed E-state index contributed by atoms with van der Waals surface area (Å²) in [6, 6.07) is 11.6. The number of benzene rings is 2. The summed E-state index contributed by atoms with van der Waals surface area (Å²) >= 11 is 9.24. The highest BCUT2D eigenvalue weighted by Gasteiger charge is 2.24. The fourth-order valence-corrected chi connectivity index (χ4v) is 2.74. The van der Waals surface area contributed by atoms with Gasteiger partial charge in [-0.15, -0.1) is 0 Å². The molecule has 0 amide bonds. The van der Waals surface area contributed by atoms with Crippen LogP contribution in [0.1, 0.15) is 23.1 Å². The van der Waals surface area contributed by atoms with Crippen LogP contribution in [0.2, 0.25) is 5.02 Å². The van der Waals surface area contributed by atoms with E-state index in [-0.39, 0.29) is 12.1 Å². The van der Waals surface area contributed by atoms with Crippen molar-refractivity contribution in [3.05, 3.63) is 68.9 Å². The van der Waals surface area contributed by atoms with Gasteiger partial charge in [-0.2, -0.15) is 0 Å². The van der Waals surface area contributed by atoms with Gasteiger partial charge in [0.25, 0.3) is 0 Å². The van der Waals surface area contributed by atoms with Crippen molar-refractivity contribution in [3.63, 3.8) is 0 Å². The van der Waals surface area contributed by atoms with E-state index in [0.717, 1.165) is 10.0 Å². The van der Waals surface area contributed by atoms with E-state index in [4.69, 9.17) is 17.3 Å². The lowest BCUT2D eigenvalue weighted by molar-refractivity contribution is 0.143. The summed E-state index contributed by atoms with van der Waals surface area (Å²) in [6.07, 6.45) is -1.05. The molecule has 2 aromatic carbocycles. The third-order valence-corrected chi connectivity index (χ3v) is 3.92. The Morgan fingerprint density at radius 3 is 2.65 bits per heavy atom. The number of aliphatic hydroxyl groups is 1. The monoisotopic (exact) mass is 357 g/mol. The molecule has 2 atom stereocenters. The van der Waals surface area contributed by atoms with Crippen molar-refractivity contribution in [1.82, 2.24) is 0 Å². The van der Waals surface area contributed by atoms with Crippen molar-refractivity contribution in [1.29, 1.82) is 0 Å². The van der Waals surface area contributed by atoms with Crippen LogP contribution in [0.5, 0.6) is 0 Å². The SMILES string of the molecule is NCC(c1cccc(Br)c1)C(O)c1cc(Cl)ccc1F. The van der Waals surface area contributed by atoms with Crippen molar-refractivity contribution < 1.29 is 9.50 Å². The Hall–Kier alpha value is -0.940. The van der Waals surface area contributed by atoms with E-state index in [2.05, 4.69) is 15.9 Å². The molecule has 0 fully saturated rings. The molecule has 20 heavy (non-hydrogen) atoms. The van der Waals surface area contributed by atoms with Crippen LogP contribution in [0.4, 0.5) is 4.39 Å². The van der Waals surface area contributed by atoms with Gasteiger partial charge in [0.1, 0.15) is 5.82 Å². The van der Waals surface area contributed by atoms with Gasteiger partial charge in [-0.25, -0.2) is 4.39 Å². The van der Waals surface area contributed by atoms with Crippen LogP contribution in [0, 0.1) is 5.82 Å². The van der Waals surface area contributed by atoms with Crippen molar-refractivity contribution >= 4 is 27.5 Å². The van der Waals surface area contributed by atoms with Crippen LogP contribution in [0.3, 0.4) is 0 Å². The molecule has 2 rings (SSSR count). The minimum absolute atomic E-state index is 0.160. The first-order chi connectivity index (χ1) is 9.52. The highest BCUT2D eigenvalue weighted by molar-refractivity contribution is 9.10. The maximum absolute atomic E-state index is 13.8. The van der Waals surface area contributed by atoms with Gasteiger partial charge in [-0.05, 0) is 35.9 Å². The highest BCUT2D eigenvalue weighted by atomic mass is 79.9. The maximum Gasteiger partial charge on any atom is 0.129 e. The summed E-state index contributed by atoms with van der Waals surface area (Å²) < 4.78 is 14.7. The Balaban J connectivity index is 2.38. The van der Waals surface area contributed by atoms with Crippen LogP contribution in [-0.4, -0.2) is 11.7 Å². The molecular weight excluding hydrogens is 345 g/mol. The van der Waals surface area contributed by atoms with Crippen LogP contribution in [-0.2, 0) is 0 Å². The molecule has 0 saturated heterocycles. The normalized spacial score (nSPS) is 14.1. The number of hydrogen-bond acceptors (Lipinski definition) is 2. The highest BCUT2D eigenvalue weighted by Crippen LogP contribution is 2.33. The zero-order valence-electron chi connectivity index (χ0n) is 10.6. The minimum atomic E-state index is -1.05. The zero-order valence-corrected chi connectivity index (χ0v) is 12.9. The lowest BCUT2D eigenvalue weighted by Crippen LogP contribution is -2.21. The molecule has 0 heterocycles. The van der Waals surface area contributed by atoms with Gasteiger partial charge in [0, 0.05) is 27.5 Å². The van der Waals surface area contributed by atoms with Crippen LogP contribution >= 0.6 is 27.5 Å². The summed E-state index contributed by atoms with van der Waals surface area (Å²) in [4.78, 5) is 0. The minimum Gasteiger partial charge on any atom is -0.388 e. The maximum atomic E-state index is 13.8. The van der Waals surface area contributed by atoms with Crippen molar-refractivity contribution in [2.45, 2.75) is 12.0 Å². The molecule has 0 aliphatic heterocycles. The fraction of sp³-hybridized carbons (Fsp3) is 0.200. The molecule has 2 unspecified atom stereocenters. The van der Waals surface area contributed by atoms with Gasteiger partial charge in [0.15, 0.2) is 0 Å². The first-order valence-electron chi connectivity index (χ1n) is 6.11. The largest absolute Gasteiger partial charge is 0.388 e. The van der Waals surface area contributed by atoms with Gasteiger partial charge in [0.2, 0.25) is 0 Å². The zero-order chi connectivity index (χ0) is 14.7. The average Bonchev–Trinajstić information content (AvgIpc) is 2.42. The molecule has 0 spiro atoms. The Labute approximate surface area is 130 Å². The second kappa shape index (κ2) is 6.68. The topological polar surface area (TPSA) is 46.2 Å². The van der Waals surface area contributed by atoms with E-state index in [0.29, 0.717) is 5.02 Å². The second-order valence-corrected chi connectivity index (χ2v) is 5.86. The van der Waals surface area contributed by atoms with E-state index < -0.39 is 17.8 Å². The summed E-state index contributed by atoms with van der Waals surface area (Å²) in [6.45, 7) is 0.198. The summed E-state index contributed by atoms with van der Waals surface area (Å²) in [7, 11) is 0. The first kappa shape index (κ1) is 15.4. The van der Waals surface area contributed by atoms with Gasteiger partial charge in [-0.1, -0.05) is 39.7 Å². The molecule has 2 aromatic rings. The van der Waals surface area contributed by atoms with Crippen molar-refractivity contribution in [2.75, 3.05) is 6.54 Å². The number of nitrogens with two attached hydrogens (primary N) is 1. The van der Waals surface area contributed by atoms with Gasteiger partial charge < -0.3 is 10.8 Å². The molecule has 2 nitrogen and oxygen atoms in total. The summed E-state index contributed by atoms with van der Waals surface area (Å²) in [5.41, 5.74) is 6.75. The van der Waals surface area contributed by atoms with Crippen molar-refractivity contribution in [2.24, 2.45) is 5.73 Å². The standard InChI is InChI=1S/C15H14BrClFNO/c16-10-3-1-2-9(6-10)13(8-19)15(20)12-7-11(17)4-5-14(12)18/h1-7,13,15,20H,8,19H2. The summed E-state index contributed by atoms with van der Waals surface area (Å²) in [5.74, 6) is -0.893. The third kappa shape index (κ3) is 3.38. The smallest absolute Gasteiger partial charge is 0.129 e. The molecule has 0 bridgehead atoms. The van der Waals surface area contributed by atoms with Crippen molar-refractivity contribution in [3.8, 4) is 0 Å². The molecule has 0 aliphatic carbocycles.